The Hall–Kier alpha value is -0.460. The third-order valence-electron chi connectivity index (χ3n) is 5.90. The highest BCUT2D eigenvalue weighted by Gasteiger charge is 2.24. The summed E-state index contributed by atoms with van der Waals surface area (Å²) in [6.07, 6.45) is 20.2. The van der Waals surface area contributed by atoms with Crippen LogP contribution in [-0.2, 0) is 18.6 Å². The summed E-state index contributed by atoms with van der Waals surface area (Å²) in [4.78, 5) is 30.4. The fraction of sp³-hybridized carbons (Fsp3) is 0.800. The number of phosphoric acid groups is 1. The number of Topliss-reactive ketones (excluding diaryl/α,β-unsaturated/α-hetero) is 1. The molecule has 1 unspecified atom stereocenters. The molecule has 0 fully saturated rings. The van der Waals surface area contributed by atoms with Gasteiger partial charge in [-0.1, -0.05) is 99.6 Å². The molecule has 6 nitrogen and oxygen atoms in total. The first-order valence-corrected chi connectivity index (χ1v) is 15.4. The van der Waals surface area contributed by atoms with Gasteiger partial charge in [-0.3, -0.25) is 9.32 Å². The Labute approximate surface area is 209 Å². The van der Waals surface area contributed by atoms with Gasteiger partial charge in [0.05, 0.1) is 19.1 Å². The molecule has 0 aromatic rings. The van der Waals surface area contributed by atoms with Gasteiger partial charge in [0.15, 0.2) is 5.78 Å². The molecule has 1 rings (SSSR count). The lowest BCUT2D eigenvalue weighted by Gasteiger charge is -2.19. The van der Waals surface area contributed by atoms with E-state index in [0.29, 0.717) is 42.5 Å². The molecule has 192 valence electrons. The quantitative estimate of drug-likeness (QED) is 0.0870. The molecule has 0 bridgehead atoms. The van der Waals surface area contributed by atoms with Crippen LogP contribution in [0, 0.1) is 0 Å². The van der Waals surface area contributed by atoms with E-state index >= 15 is 0 Å². The number of phosphoric ester groups is 1. The second-order valence-electron chi connectivity index (χ2n) is 8.90. The maximum atomic E-state index is 12.4. The monoisotopic (exact) mass is 550 g/mol. The maximum absolute atomic E-state index is 12.4. The SMILES string of the molecule is CCCCCCCCCCCCCCOC1=CC=C(CCC(CCBr)OP(=O)(O)O)C(=O)C1. The number of carbonyl (C=O) groups is 1. The van der Waals surface area contributed by atoms with Crippen LogP contribution in [0.4, 0.5) is 0 Å². The first-order valence-electron chi connectivity index (χ1n) is 12.7. The number of rotatable bonds is 21. The molecule has 0 radical (unpaired) electrons. The summed E-state index contributed by atoms with van der Waals surface area (Å²) in [5.41, 5.74) is 0.654. The van der Waals surface area contributed by atoms with Gasteiger partial charge in [0, 0.05) is 5.33 Å². The summed E-state index contributed by atoms with van der Waals surface area (Å²) in [7, 11) is -4.54. The summed E-state index contributed by atoms with van der Waals surface area (Å²) in [6.45, 7) is 2.90. The lowest BCUT2D eigenvalue weighted by Crippen LogP contribution is -2.16. The molecule has 33 heavy (non-hydrogen) atoms. The van der Waals surface area contributed by atoms with Crippen molar-refractivity contribution >= 4 is 29.5 Å². The second-order valence-corrected chi connectivity index (χ2v) is 10.9. The Balaban J connectivity index is 2.14. The molecule has 0 aromatic carbocycles. The predicted molar refractivity (Wildman–Crippen MR) is 137 cm³/mol. The smallest absolute Gasteiger partial charge is 0.469 e. The Bertz CT molecular complexity index is 643. The third-order valence-corrected chi connectivity index (χ3v) is 6.93. The Morgan fingerprint density at radius 2 is 1.52 bits per heavy atom. The number of ketones is 1. The molecule has 1 aliphatic carbocycles. The van der Waals surface area contributed by atoms with Gasteiger partial charge in [0.1, 0.15) is 5.76 Å². The van der Waals surface area contributed by atoms with Gasteiger partial charge in [-0.2, -0.15) is 0 Å². The van der Waals surface area contributed by atoms with Crippen molar-refractivity contribution < 1.29 is 28.4 Å². The maximum Gasteiger partial charge on any atom is 0.469 e. The molecule has 0 spiro atoms. The van der Waals surface area contributed by atoms with Gasteiger partial charge >= 0.3 is 7.82 Å². The number of halogens is 1. The number of allylic oxidation sites excluding steroid dienone is 4. The molecule has 1 atom stereocenters. The van der Waals surface area contributed by atoms with Crippen molar-refractivity contribution in [3.8, 4) is 0 Å². The molecule has 8 heteroatoms. The summed E-state index contributed by atoms with van der Waals surface area (Å²) in [6, 6.07) is 0. The standard InChI is InChI=1S/C25H44BrO6P/c1-2-3-4-5-6-7-8-9-10-11-12-13-20-31-24-17-15-22(25(27)21-24)14-16-23(18-19-26)32-33(28,29)30/h15,17,23H,2-14,16,18-21H2,1H3,(H2,28,29,30). The number of hydrogen-bond acceptors (Lipinski definition) is 4. The number of alkyl halides is 1. The van der Waals surface area contributed by atoms with Crippen LogP contribution in [0.2, 0.25) is 0 Å². The minimum Gasteiger partial charge on any atom is -0.497 e. The molecule has 0 saturated heterocycles. The highest BCUT2D eigenvalue weighted by atomic mass is 79.9. The van der Waals surface area contributed by atoms with Crippen LogP contribution in [0.5, 0.6) is 0 Å². The molecule has 0 amide bonds. The molecule has 0 aliphatic heterocycles. The van der Waals surface area contributed by atoms with Crippen molar-refractivity contribution in [2.75, 3.05) is 11.9 Å². The van der Waals surface area contributed by atoms with Gasteiger partial charge in [-0.25, -0.2) is 4.57 Å². The van der Waals surface area contributed by atoms with E-state index in [1.807, 2.05) is 6.08 Å². The minimum atomic E-state index is -4.54. The van der Waals surface area contributed by atoms with Crippen LogP contribution in [0.25, 0.3) is 0 Å². The predicted octanol–water partition coefficient (Wildman–Crippen LogP) is 7.53. The van der Waals surface area contributed by atoms with Crippen LogP contribution in [-0.4, -0.2) is 33.6 Å². The van der Waals surface area contributed by atoms with Gasteiger partial charge in [-0.15, -0.1) is 0 Å². The molecular formula is C25H44BrO6P. The molecule has 0 aromatic heterocycles. The van der Waals surface area contributed by atoms with E-state index in [0.717, 1.165) is 12.8 Å². The van der Waals surface area contributed by atoms with E-state index < -0.39 is 13.9 Å². The van der Waals surface area contributed by atoms with E-state index in [4.69, 9.17) is 19.0 Å². The number of unbranched alkanes of at least 4 members (excludes halogenated alkanes) is 11. The Morgan fingerprint density at radius 1 is 0.939 bits per heavy atom. The van der Waals surface area contributed by atoms with Gasteiger partial charge in [0.25, 0.3) is 0 Å². The normalized spacial score (nSPS) is 15.3. The molecule has 2 N–H and O–H groups in total. The van der Waals surface area contributed by atoms with Crippen molar-refractivity contribution in [1.82, 2.24) is 0 Å². The van der Waals surface area contributed by atoms with Gasteiger partial charge in [-0.05, 0) is 37.3 Å². The zero-order valence-corrected chi connectivity index (χ0v) is 22.8. The topological polar surface area (TPSA) is 93.1 Å². The fourth-order valence-electron chi connectivity index (χ4n) is 3.97. The zero-order chi connectivity index (χ0) is 24.4. The van der Waals surface area contributed by atoms with E-state index in [-0.39, 0.29) is 12.2 Å². The molecular weight excluding hydrogens is 507 g/mol. The van der Waals surface area contributed by atoms with Crippen molar-refractivity contribution in [3.63, 3.8) is 0 Å². The lowest BCUT2D eigenvalue weighted by molar-refractivity contribution is -0.115. The van der Waals surface area contributed by atoms with Crippen molar-refractivity contribution in [2.45, 2.75) is 116 Å². The van der Waals surface area contributed by atoms with E-state index in [2.05, 4.69) is 22.9 Å². The van der Waals surface area contributed by atoms with Gasteiger partial charge in [0.2, 0.25) is 0 Å². The summed E-state index contributed by atoms with van der Waals surface area (Å²) in [5.74, 6) is 0.714. The van der Waals surface area contributed by atoms with E-state index in [9.17, 15) is 9.36 Å². The fourth-order valence-corrected chi connectivity index (χ4v) is 5.08. The van der Waals surface area contributed by atoms with Gasteiger partial charge < -0.3 is 14.5 Å². The lowest BCUT2D eigenvalue weighted by atomic mass is 9.96. The molecule has 1 aliphatic rings. The molecule has 0 heterocycles. The summed E-state index contributed by atoms with van der Waals surface area (Å²) < 4.78 is 21.7. The number of ether oxygens (including phenoxy) is 1. The Kier molecular flexibility index (Phi) is 17.4. The summed E-state index contributed by atoms with van der Waals surface area (Å²) >= 11 is 3.27. The average Bonchev–Trinajstić information content (AvgIpc) is 2.75. The first kappa shape index (κ1) is 30.6. The highest BCUT2D eigenvalue weighted by molar-refractivity contribution is 9.09. The van der Waals surface area contributed by atoms with Crippen molar-refractivity contribution in [3.05, 3.63) is 23.5 Å². The van der Waals surface area contributed by atoms with Crippen LogP contribution in [0.15, 0.2) is 23.5 Å². The van der Waals surface area contributed by atoms with Crippen LogP contribution >= 0.6 is 23.8 Å². The van der Waals surface area contributed by atoms with Crippen molar-refractivity contribution in [2.24, 2.45) is 0 Å². The number of hydrogen-bond donors (Lipinski definition) is 2. The number of carbonyl (C=O) groups excluding carboxylic acids is 1. The largest absolute Gasteiger partial charge is 0.497 e. The third kappa shape index (κ3) is 16.7. The van der Waals surface area contributed by atoms with Crippen LogP contribution in [0.3, 0.4) is 0 Å². The van der Waals surface area contributed by atoms with Crippen LogP contribution in [0.1, 0.15) is 110 Å². The minimum absolute atomic E-state index is 0.0102. The zero-order valence-electron chi connectivity index (χ0n) is 20.3. The second kappa shape index (κ2) is 18.8. The van der Waals surface area contributed by atoms with Crippen molar-refractivity contribution in [1.29, 1.82) is 0 Å². The Morgan fingerprint density at radius 3 is 2.03 bits per heavy atom. The van der Waals surface area contributed by atoms with E-state index in [1.165, 1.54) is 64.2 Å². The molecule has 0 saturated carbocycles. The highest BCUT2D eigenvalue weighted by Crippen LogP contribution is 2.39. The summed E-state index contributed by atoms with van der Waals surface area (Å²) in [5, 5.41) is 0.571. The average molecular weight is 551 g/mol. The van der Waals surface area contributed by atoms with E-state index in [1.54, 1.807) is 6.08 Å². The first-order chi connectivity index (χ1) is 15.9. The van der Waals surface area contributed by atoms with Crippen LogP contribution < -0.4 is 0 Å².